The van der Waals surface area contributed by atoms with Crippen molar-refractivity contribution < 1.29 is 4.74 Å². The Morgan fingerprint density at radius 1 is 1.35 bits per heavy atom. The van der Waals surface area contributed by atoms with Crippen molar-refractivity contribution in [2.45, 2.75) is 39.3 Å². The maximum absolute atomic E-state index is 5.41. The molecule has 0 bridgehead atoms. The summed E-state index contributed by atoms with van der Waals surface area (Å²) < 4.78 is 5.41. The molecule has 1 fully saturated rings. The molecule has 1 N–H and O–H groups in total. The van der Waals surface area contributed by atoms with Gasteiger partial charge in [-0.25, -0.2) is 9.97 Å². The molecule has 0 radical (unpaired) electrons. The van der Waals surface area contributed by atoms with E-state index in [0.717, 1.165) is 51.4 Å². The lowest BCUT2D eigenvalue weighted by atomic mass is 10.0. The van der Waals surface area contributed by atoms with Crippen molar-refractivity contribution in [1.29, 1.82) is 0 Å². The van der Waals surface area contributed by atoms with Crippen LogP contribution in [0.25, 0.3) is 0 Å². The number of rotatable bonds is 3. The monoisotopic (exact) mass is 233 g/mol. The number of hydrogen-bond donors (Lipinski definition) is 1. The van der Waals surface area contributed by atoms with Crippen molar-refractivity contribution in [2.75, 3.05) is 13.2 Å². The van der Waals surface area contributed by atoms with Crippen molar-refractivity contribution in [3.8, 4) is 0 Å². The van der Waals surface area contributed by atoms with E-state index in [1.165, 1.54) is 17.0 Å². The first-order chi connectivity index (χ1) is 8.36. The van der Waals surface area contributed by atoms with Gasteiger partial charge in [0.05, 0.1) is 5.69 Å². The quantitative estimate of drug-likeness (QED) is 0.852. The number of ether oxygens (including phenoxy) is 1. The standard InChI is InChI=1S/C13H19N3O/c1-2-11-10-6-14-7-12(10)16-13(15-11)5-9-3-4-17-8-9/h9,14H,2-8H2,1H3. The highest BCUT2D eigenvalue weighted by Crippen LogP contribution is 2.21. The molecule has 0 spiro atoms. The van der Waals surface area contributed by atoms with E-state index in [1.807, 2.05) is 0 Å². The van der Waals surface area contributed by atoms with E-state index in [4.69, 9.17) is 14.7 Å². The molecule has 17 heavy (non-hydrogen) atoms. The average Bonchev–Trinajstić information content (AvgIpc) is 2.98. The van der Waals surface area contributed by atoms with Crippen LogP contribution in [0.2, 0.25) is 0 Å². The van der Waals surface area contributed by atoms with Crippen molar-refractivity contribution in [3.63, 3.8) is 0 Å². The molecular formula is C13H19N3O. The van der Waals surface area contributed by atoms with Crippen LogP contribution in [0.4, 0.5) is 0 Å². The Morgan fingerprint density at radius 3 is 3.06 bits per heavy atom. The van der Waals surface area contributed by atoms with Gasteiger partial charge in [-0.1, -0.05) is 6.92 Å². The molecule has 1 saturated heterocycles. The Labute approximate surface area is 102 Å². The van der Waals surface area contributed by atoms with Crippen molar-refractivity contribution >= 4 is 0 Å². The second-order valence-corrected chi connectivity index (χ2v) is 4.90. The highest BCUT2D eigenvalue weighted by molar-refractivity contribution is 5.29. The van der Waals surface area contributed by atoms with E-state index in [2.05, 4.69) is 12.2 Å². The third-order valence-corrected chi connectivity index (χ3v) is 3.65. The van der Waals surface area contributed by atoms with Crippen LogP contribution in [0.15, 0.2) is 0 Å². The second-order valence-electron chi connectivity index (χ2n) is 4.90. The predicted octanol–water partition coefficient (Wildman–Crippen LogP) is 1.22. The summed E-state index contributed by atoms with van der Waals surface area (Å²) in [5, 5.41) is 3.36. The zero-order valence-corrected chi connectivity index (χ0v) is 10.3. The first-order valence-electron chi connectivity index (χ1n) is 6.52. The normalized spacial score (nSPS) is 23.0. The molecule has 0 aromatic carbocycles. The Morgan fingerprint density at radius 2 is 2.29 bits per heavy atom. The first-order valence-corrected chi connectivity index (χ1v) is 6.52. The molecule has 1 atom stereocenters. The Balaban J connectivity index is 1.84. The Hall–Kier alpha value is -1.00. The molecule has 4 nitrogen and oxygen atoms in total. The maximum atomic E-state index is 5.41. The number of aryl methyl sites for hydroxylation is 1. The summed E-state index contributed by atoms with van der Waals surface area (Å²) in [7, 11) is 0. The Kier molecular flexibility index (Phi) is 3.07. The van der Waals surface area contributed by atoms with Gasteiger partial charge in [-0.15, -0.1) is 0 Å². The number of hydrogen-bond acceptors (Lipinski definition) is 4. The highest BCUT2D eigenvalue weighted by atomic mass is 16.5. The van der Waals surface area contributed by atoms with Gasteiger partial charge in [0.15, 0.2) is 0 Å². The third-order valence-electron chi connectivity index (χ3n) is 3.65. The molecule has 1 aromatic rings. The summed E-state index contributed by atoms with van der Waals surface area (Å²) in [5.41, 5.74) is 3.78. The van der Waals surface area contributed by atoms with Gasteiger partial charge < -0.3 is 10.1 Å². The lowest BCUT2D eigenvalue weighted by Gasteiger charge is -2.10. The fourth-order valence-electron chi connectivity index (χ4n) is 2.68. The SMILES string of the molecule is CCc1nc(CC2CCOC2)nc2c1CNC2. The number of aromatic nitrogens is 2. The van der Waals surface area contributed by atoms with E-state index >= 15 is 0 Å². The molecule has 0 amide bonds. The van der Waals surface area contributed by atoms with Crippen LogP contribution >= 0.6 is 0 Å². The van der Waals surface area contributed by atoms with E-state index in [-0.39, 0.29) is 0 Å². The lowest BCUT2D eigenvalue weighted by molar-refractivity contribution is 0.185. The van der Waals surface area contributed by atoms with Crippen LogP contribution in [0.5, 0.6) is 0 Å². The molecule has 3 heterocycles. The number of nitrogens with zero attached hydrogens (tertiary/aromatic N) is 2. The summed E-state index contributed by atoms with van der Waals surface area (Å²) in [5.74, 6) is 1.63. The zero-order chi connectivity index (χ0) is 11.7. The summed E-state index contributed by atoms with van der Waals surface area (Å²) in [4.78, 5) is 9.42. The minimum atomic E-state index is 0.618. The van der Waals surface area contributed by atoms with Gasteiger partial charge >= 0.3 is 0 Å². The van der Waals surface area contributed by atoms with Gasteiger partial charge in [0, 0.05) is 44.0 Å². The van der Waals surface area contributed by atoms with Crippen LogP contribution in [0.1, 0.15) is 36.1 Å². The largest absolute Gasteiger partial charge is 0.381 e. The molecule has 2 aliphatic rings. The van der Waals surface area contributed by atoms with Gasteiger partial charge in [-0.3, -0.25) is 0 Å². The van der Waals surface area contributed by atoms with E-state index in [0.29, 0.717) is 5.92 Å². The summed E-state index contributed by atoms with van der Waals surface area (Å²) in [6.07, 6.45) is 3.13. The summed E-state index contributed by atoms with van der Waals surface area (Å²) in [6, 6.07) is 0. The molecule has 92 valence electrons. The van der Waals surface area contributed by atoms with Gasteiger partial charge in [0.1, 0.15) is 5.82 Å². The fraction of sp³-hybridized carbons (Fsp3) is 0.692. The van der Waals surface area contributed by atoms with Crippen LogP contribution in [0, 0.1) is 5.92 Å². The molecule has 1 aromatic heterocycles. The van der Waals surface area contributed by atoms with E-state index in [9.17, 15) is 0 Å². The number of fused-ring (bicyclic) bond motifs is 1. The summed E-state index contributed by atoms with van der Waals surface area (Å²) >= 11 is 0. The molecular weight excluding hydrogens is 214 g/mol. The van der Waals surface area contributed by atoms with Gasteiger partial charge in [0.25, 0.3) is 0 Å². The van der Waals surface area contributed by atoms with Crippen LogP contribution in [-0.2, 0) is 30.7 Å². The third kappa shape index (κ3) is 2.19. The predicted molar refractivity (Wildman–Crippen MR) is 64.6 cm³/mol. The molecule has 0 aliphatic carbocycles. The second kappa shape index (κ2) is 4.70. The van der Waals surface area contributed by atoms with Crippen molar-refractivity contribution in [2.24, 2.45) is 5.92 Å². The highest BCUT2D eigenvalue weighted by Gasteiger charge is 2.21. The van der Waals surface area contributed by atoms with Crippen LogP contribution in [-0.4, -0.2) is 23.2 Å². The summed E-state index contributed by atoms with van der Waals surface area (Å²) in [6.45, 7) is 5.78. The minimum absolute atomic E-state index is 0.618. The zero-order valence-electron chi connectivity index (χ0n) is 10.3. The average molecular weight is 233 g/mol. The molecule has 1 unspecified atom stereocenters. The van der Waals surface area contributed by atoms with Crippen LogP contribution in [0.3, 0.4) is 0 Å². The fourth-order valence-corrected chi connectivity index (χ4v) is 2.68. The molecule has 3 rings (SSSR count). The van der Waals surface area contributed by atoms with Gasteiger partial charge in [0.2, 0.25) is 0 Å². The van der Waals surface area contributed by atoms with E-state index in [1.54, 1.807) is 0 Å². The maximum Gasteiger partial charge on any atom is 0.129 e. The van der Waals surface area contributed by atoms with Crippen molar-refractivity contribution in [3.05, 3.63) is 22.8 Å². The molecule has 0 saturated carbocycles. The Bertz CT molecular complexity index is 413. The molecule has 4 heteroatoms. The van der Waals surface area contributed by atoms with E-state index < -0.39 is 0 Å². The van der Waals surface area contributed by atoms with Gasteiger partial charge in [-0.2, -0.15) is 0 Å². The van der Waals surface area contributed by atoms with Crippen molar-refractivity contribution in [1.82, 2.24) is 15.3 Å². The first kappa shape index (κ1) is 11.1. The van der Waals surface area contributed by atoms with Crippen LogP contribution < -0.4 is 5.32 Å². The smallest absolute Gasteiger partial charge is 0.129 e. The topological polar surface area (TPSA) is 47.0 Å². The van der Waals surface area contributed by atoms with Gasteiger partial charge in [-0.05, 0) is 18.8 Å². The number of nitrogens with one attached hydrogen (secondary N) is 1. The molecule has 2 aliphatic heterocycles. The lowest BCUT2D eigenvalue weighted by Crippen LogP contribution is -2.11. The minimum Gasteiger partial charge on any atom is -0.381 e.